The van der Waals surface area contributed by atoms with Crippen molar-refractivity contribution in [3.05, 3.63) is 54.2 Å². The van der Waals surface area contributed by atoms with Crippen LogP contribution in [-0.4, -0.2) is 50.5 Å². The van der Waals surface area contributed by atoms with Crippen LogP contribution in [0.4, 0.5) is 0 Å². The van der Waals surface area contributed by atoms with E-state index in [2.05, 4.69) is 9.88 Å². The van der Waals surface area contributed by atoms with Gasteiger partial charge >= 0.3 is 0 Å². The maximum absolute atomic E-state index is 13.4. The predicted octanol–water partition coefficient (Wildman–Crippen LogP) is 3.40. The van der Waals surface area contributed by atoms with Crippen LogP contribution in [0.15, 0.2) is 53.6 Å². The maximum atomic E-state index is 13.4. The fourth-order valence-electron chi connectivity index (χ4n) is 4.56. The number of ether oxygens (including phenoxy) is 2. The monoisotopic (exact) mass is 485 g/mol. The zero-order valence-electron chi connectivity index (χ0n) is 19.8. The highest BCUT2D eigenvalue weighted by molar-refractivity contribution is 7.89. The summed E-state index contributed by atoms with van der Waals surface area (Å²) >= 11 is 0. The predicted molar refractivity (Wildman–Crippen MR) is 130 cm³/mol. The van der Waals surface area contributed by atoms with E-state index in [1.54, 1.807) is 32.4 Å². The number of para-hydroxylation sites is 1. The zero-order valence-corrected chi connectivity index (χ0v) is 20.6. The molecule has 0 saturated carbocycles. The molecule has 1 aliphatic rings. The standard InChI is InChI=1S/C25H31N3O5S/c1-4-27-14-12-18-15-21(10-11-22(18)27)34(30,31)28-13-6-8-20(17-28)25(29)26-16-19-7-5-9-23(32-2)24(19)33-3/h5,7,9-12,14-15,20H,4,6,8,13,16-17H2,1-3H3,(H,26,29). The lowest BCUT2D eigenvalue weighted by Crippen LogP contribution is -2.45. The lowest BCUT2D eigenvalue weighted by molar-refractivity contribution is -0.126. The largest absolute Gasteiger partial charge is 0.493 e. The van der Waals surface area contributed by atoms with E-state index < -0.39 is 15.9 Å². The van der Waals surface area contributed by atoms with Gasteiger partial charge < -0.3 is 19.4 Å². The first kappa shape index (κ1) is 24.1. The van der Waals surface area contributed by atoms with Gasteiger partial charge in [-0.3, -0.25) is 4.79 Å². The van der Waals surface area contributed by atoms with Crippen LogP contribution in [-0.2, 0) is 27.9 Å². The molecule has 0 radical (unpaired) electrons. The summed E-state index contributed by atoms with van der Waals surface area (Å²) in [5.41, 5.74) is 1.80. The first-order chi connectivity index (χ1) is 16.4. The van der Waals surface area contributed by atoms with Gasteiger partial charge in [0.1, 0.15) is 0 Å². The summed E-state index contributed by atoms with van der Waals surface area (Å²) in [6, 6.07) is 12.6. The molecule has 9 heteroatoms. The number of aromatic nitrogens is 1. The number of methoxy groups -OCH3 is 2. The van der Waals surface area contributed by atoms with Crippen molar-refractivity contribution in [2.24, 2.45) is 5.92 Å². The van der Waals surface area contributed by atoms with Crippen LogP contribution in [0.1, 0.15) is 25.3 Å². The molecule has 4 rings (SSSR count). The van der Waals surface area contributed by atoms with Crippen molar-refractivity contribution in [3.8, 4) is 11.5 Å². The number of nitrogens with one attached hydrogen (secondary N) is 1. The number of sulfonamides is 1. The van der Waals surface area contributed by atoms with Crippen molar-refractivity contribution in [2.75, 3.05) is 27.3 Å². The Labute approximate surface area is 200 Å². The van der Waals surface area contributed by atoms with E-state index in [0.717, 1.165) is 23.0 Å². The molecule has 1 saturated heterocycles. The third kappa shape index (κ3) is 4.63. The Kier molecular flexibility index (Phi) is 7.13. The maximum Gasteiger partial charge on any atom is 0.243 e. The van der Waals surface area contributed by atoms with E-state index in [4.69, 9.17) is 9.47 Å². The van der Waals surface area contributed by atoms with Crippen molar-refractivity contribution < 1.29 is 22.7 Å². The number of piperidine rings is 1. The van der Waals surface area contributed by atoms with Crippen molar-refractivity contribution >= 4 is 26.8 Å². The molecule has 8 nitrogen and oxygen atoms in total. The van der Waals surface area contributed by atoms with E-state index in [9.17, 15) is 13.2 Å². The van der Waals surface area contributed by atoms with Crippen molar-refractivity contribution in [2.45, 2.75) is 37.8 Å². The van der Waals surface area contributed by atoms with E-state index in [0.29, 0.717) is 30.9 Å². The summed E-state index contributed by atoms with van der Waals surface area (Å²) < 4.78 is 41.0. The second-order valence-corrected chi connectivity index (χ2v) is 10.3. The molecular formula is C25H31N3O5S. The number of rotatable bonds is 8. The minimum absolute atomic E-state index is 0.164. The summed E-state index contributed by atoms with van der Waals surface area (Å²) in [7, 11) is -0.576. The van der Waals surface area contributed by atoms with E-state index in [1.165, 1.54) is 4.31 Å². The molecule has 1 atom stereocenters. The molecule has 1 aliphatic heterocycles. The minimum Gasteiger partial charge on any atom is -0.493 e. The topological polar surface area (TPSA) is 89.9 Å². The quantitative estimate of drug-likeness (QED) is 0.528. The fraction of sp³-hybridized carbons (Fsp3) is 0.400. The molecule has 34 heavy (non-hydrogen) atoms. The highest BCUT2D eigenvalue weighted by atomic mass is 32.2. The van der Waals surface area contributed by atoms with Gasteiger partial charge in [-0.15, -0.1) is 0 Å². The molecule has 1 N–H and O–H groups in total. The van der Waals surface area contributed by atoms with Crippen LogP contribution in [0.5, 0.6) is 11.5 Å². The van der Waals surface area contributed by atoms with Gasteiger partial charge in [0.25, 0.3) is 0 Å². The van der Waals surface area contributed by atoms with Gasteiger partial charge in [-0.1, -0.05) is 12.1 Å². The molecule has 0 spiro atoms. The Morgan fingerprint density at radius 1 is 1.15 bits per heavy atom. The number of hydrogen-bond acceptors (Lipinski definition) is 5. The first-order valence-corrected chi connectivity index (χ1v) is 12.9. The highest BCUT2D eigenvalue weighted by Gasteiger charge is 2.33. The fourth-order valence-corrected chi connectivity index (χ4v) is 6.12. The second kappa shape index (κ2) is 10.1. The summed E-state index contributed by atoms with van der Waals surface area (Å²) in [4.78, 5) is 13.2. The van der Waals surface area contributed by atoms with E-state index in [1.807, 2.05) is 37.4 Å². The molecule has 2 heterocycles. The van der Waals surface area contributed by atoms with Crippen LogP contribution in [0.3, 0.4) is 0 Å². The average molecular weight is 486 g/mol. The Morgan fingerprint density at radius 3 is 2.71 bits per heavy atom. The summed E-state index contributed by atoms with van der Waals surface area (Å²) in [5.74, 6) is 0.589. The van der Waals surface area contributed by atoms with Gasteiger partial charge in [0.2, 0.25) is 15.9 Å². The van der Waals surface area contributed by atoms with Gasteiger partial charge in [-0.2, -0.15) is 4.31 Å². The highest BCUT2D eigenvalue weighted by Crippen LogP contribution is 2.31. The molecular weight excluding hydrogens is 454 g/mol. The molecule has 1 fully saturated rings. The molecule has 1 amide bonds. The van der Waals surface area contributed by atoms with Crippen LogP contribution in [0, 0.1) is 5.92 Å². The van der Waals surface area contributed by atoms with Crippen molar-refractivity contribution in [1.29, 1.82) is 0 Å². The Morgan fingerprint density at radius 2 is 1.97 bits per heavy atom. The zero-order chi connectivity index (χ0) is 24.3. The molecule has 0 aliphatic carbocycles. The van der Waals surface area contributed by atoms with Crippen LogP contribution >= 0.6 is 0 Å². The van der Waals surface area contributed by atoms with Crippen LogP contribution in [0.25, 0.3) is 10.9 Å². The van der Waals surface area contributed by atoms with E-state index in [-0.39, 0.29) is 23.9 Å². The Bertz CT molecular complexity index is 1280. The molecule has 2 aromatic carbocycles. The number of hydrogen-bond donors (Lipinski definition) is 1. The number of benzene rings is 2. The number of carbonyl (C=O) groups excluding carboxylic acids is 1. The van der Waals surface area contributed by atoms with Gasteiger partial charge in [-0.05, 0) is 50.1 Å². The molecule has 182 valence electrons. The lowest BCUT2D eigenvalue weighted by Gasteiger charge is -2.31. The number of fused-ring (bicyclic) bond motifs is 1. The third-order valence-corrected chi connectivity index (χ3v) is 8.27. The third-order valence-electron chi connectivity index (χ3n) is 6.41. The minimum atomic E-state index is -3.70. The average Bonchev–Trinajstić information content (AvgIpc) is 3.29. The number of nitrogens with zero attached hydrogens (tertiary/aromatic N) is 2. The SMILES string of the molecule is CCn1ccc2cc(S(=O)(=O)N3CCCC(C(=O)NCc4cccc(OC)c4OC)C3)ccc21. The van der Waals surface area contributed by atoms with Crippen molar-refractivity contribution in [3.63, 3.8) is 0 Å². The van der Waals surface area contributed by atoms with Crippen molar-refractivity contribution in [1.82, 2.24) is 14.2 Å². The van der Waals surface area contributed by atoms with Crippen LogP contribution in [0.2, 0.25) is 0 Å². The number of aryl methyl sites for hydroxylation is 1. The van der Waals surface area contributed by atoms with Gasteiger partial charge in [0, 0.05) is 48.8 Å². The first-order valence-electron chi connectivity index (χ1n) is 11.5. The number of amides is 1. The molecule has 3 aromatic rings. The summed E-state index contributed by atoms with van der Waals surface area (Å²) in [5, 5.41) is 3.83. The molecule has 1 unspecified atom stereocenters. The second-order valence-electron chi connectivity index (χ2n) is 8.40. The summed E-state index contributed by atoms with van der Waals surface area (Å²) in [6.45, 7) is 3.71. The lowest BCUT2D eigenvalue weighted by atomic mass is 9.98. The smallest absolute Gasteiger partial charge is 0.243 e. The van der Waals surface area contributed by atoms with Gasteiger partial charge in [0.15, 0.2) is 11.5 Å². The Balaban J connectivity index is 1.46. The van der Waals surface area contributed by atoms with Gasteiger partial charge in [-0.25, -0.2) is 8.42 Å². The molecule has 0 bridgehead atoms. The van der Waals surface area contributed by atoms with Gasteiger partial charge in [0.05, 0.1) is 25.0 Å². The normalized spacial score (nSPS) is 17.0. The molecule has 1 aromatic heterocycles. The summed E-state index contributed by atoms with van der Waals surface area (Å²) in [6.07, 6.45) is 3.24. The Hall–Kier alpha value is -3.04. The number of carbonyl (C=O) groups is 1. The van der Waals surface area contributed by atoms with Crippen LogP contribution < -0.4 is 14.8 Å². The van der Waals surface area contributed by atoms with E-state index >= 15 is 0 Å².